The van der Waals surface area contributed by atoms with E-state index in [1.165, 1.54) is 65.7 Å². The van der Waals surface area contributed by atoms with Gasteiger partial charge in [0.15, 0.2) is 0 Å². The summed E-state index contributed by atoms with van der Waals surface area (Å²) < 4.78 is 0. The van der Waals surface area contributed by atoms with E-state index in [-0.39, 0.29) is 10.8 Å². The Morgan fingerprint density at radius 1 is 1.03 bits per heavy atom. The molecule has 3 rings (SSSR count). The minimum Gasteiger partial charge on any atom is -0.477 e. The first-order valence-corrected chi connectivity index (χ1v) is 11.6. The summed E-state index contributed by atoms with van der Waals surface area (Å²) in [6.07, 6.45) is 11.5. The molecule has 0 aliphatic heterocycles. The van der Waals surface area contributed by atoms with Gasteiger partial charge in [0.1, 0.15) is 4.88 Å². The van der Waals surface area contributed by atoms with Gasteiger partial charge in [-0.15, -0.1) is 11.3 Å². The van der Waals surface area contributed by atoms with Gasteiger partial charge in [-0.1, -0.05) is 65.7 Å². The second kappa shape index (κ2) is 8.47. The Kier molecular flexibility index (Phi) is 6.38. The number of benzene rings is 1. The van der Waals surface area contributed by atoms with Crippen molar-refractivity contribution in [2.75, 3.05) is 0 Å². The smallest absolute Gasteiger partial charge is 0.345 e. The Bertz CT molecular complexity index is 915. The van der Waals surface area contributed by atoms with Crippen LogP contribution in [0.25, 0.3) is 12.2 Å². The number of carboxylic acid groups (broad SMARTS) is 1. The van der Waals surface area contributed by atoms with Crippen molar-refractivity contribution in [3.8, 4) is 0 Å². The fourth-order valence-corrected chi connectivity index (χ4v) is 5.09. The third-order valence-electron chi connectivity index (χ3n) is 6.43. The Balaban J connectivity index is 2.03. The van der Waals surface area contributed by atoms with Gasteiger partial charge in [-0.2, -0.15) is 0 Å². The number of carboxylic acids is 1. The molecule has 1 aliphatic rings. The lowest BCUT2D eigenvalue weighted by Gasteiger charge is -2.42. The molecule has 0 bridgehead atoms. The van der Waals surface area contributed by atoms with E-state index >= 15 is 0 Å². The molecule has 2 aromatic rings. The molecule has 0 amide bonds. The highest BCUT2D eigenvalue weighted by Gasteiger charge is 2.37. The molecule has 1 heterocycles. The maximum Gasteiger partial charge on any atom is 0.345 e. The first-order chi connectivity index (χ1) is 13.6. The number of aryl methyl sites for hydroxylation is 1. The second-order valence-corrected chi connectivity index (χ2v) is 10.8. The lowest BCUT2D eigenvalue weighted by Crippen LogP contribution is -2.34. The Hall–Kier alpha value is -1.87. The number of rotatable bonds is 7. The number of hydrogen-bond donors (Lipinski definition) is 1. The Labute approximate surface area is 179 Å². The van der Waals surface area contributed by atoms with Gasteiger partial charge in [-0.3, -0.25) is 0 Å². The summed E-state index contributed by atoms with van der Waals surface area (Å²) in [5, 5.41) is 9.17. The molecular formula is C26H34O2S. The van der Waals surface area contributed by atoms with E-state index < -0.39 is 5.97 Å². The maximum atomic E-state index is 11.2. The molecule has 0 radical (unpaired) electrons. The van der Waals surface area contributed by atoms with Gasteiger partial charge >= 0.3 is 5.97 Å². The van der Waals surface area contributed by atoms with Gasteiger partial charge in [0.2, 0.25) is 0 Å². The zero-order valence-corrected chi connectivity index (χ0v) is 19.3. The van der Waals surface area contributed by atoms with E-state index in [0.717, 1.165) is 11.3 Å². The van der Waals surface area contributed by atoms with Crippen molar-refractivity contribution in [1.82, 2.24) is 0 Å². The molecule has 0 fully saturated rings. The Morgan fingerprint density at radius 3 is 2.28 bits per heavy atom. The number of hydrogen-bond acceptors (Lipinski definition) is 2. The van der Waals surface area contributed by atoms with Crippen LogP contribution in [-0.2, 0) is 17.3 Å². The van der Waals surface area contributed by atoms with E-state index in [0.29, 0.717) is 4.88 Å². The van der Waals surface area contributed by atoms with E-state index in [2.05, 4.69) is 58.9 Å². The predicted molar refractivity (Wildman–Crippen MR) is 125 cm³/mol. The Morgan fingerprint density at radius 2 is 1.69 bits per heavy atom. The fourth-order valence-electron chi connectivity index (χ4n) is 4.34. The van der Waals surface area contributed by atoms with E-state index in [4.69, 9.17) is 0 Å². The lowest BCUT2D eigenvalue weighted by molar-refractivity contribution is 0.0702. The highest BCUT2D eigenvalue weighted by molar-refractivity contribution is 7.14. The molecule has 2 nitrogen and oxygen atoms in total. The van der Waals surface area contributed by atoms with E-state index in [9.17, 15) is 9.90 Å². The molecular weight excluding hydrogens is 376 g/mol. The van der Waals surface area contributed by atoms with Gasteiger partial charge in [0.25, 0.3) is 0 Å². The molecule has 0 spiro atoms. The van der Waals surface area contributed by atoms with Crippen molar-refractivity contribution in [3.63, 3.8) is 0 Å². The first-order valence-electron chi connectivity index (χ1n) is 10.8. The summed E-state index contributed by atoms with van der Waals surface area (Å²) in [4.78, 5) is 12.5. The summed E-state index contributed by atoms with van der Waals surface area (Å²) >= 11 is 1.33. The second-order valence-electron chi connectivity index (χ2n) is 9.66. The van der Waals surface area contributed by atoms with Crippen LogP contribution in [0, 0.1) is 0 Å². The van der Waals surface area contributed by atoms with Crippen LogP contribution < -0.4 is 0 Å². The van der Waals surface area contributed by atoms with Crippen LogP contribution in [0.5, 0.6) is 0 Å². The monoisotopic (exact) mass is 410 g/mol. The number of aromatic carboxylic acids is 1. The quantitative estimate of drug-likeness (QED) is 0.475. The topological polar surface area (TPSA) is 37.3 Å². The maximum absolute atomic E-state index is 11.2. The minimum atomic E-state index is -0.854. The molecule has 156 valence electrons. The van der Waals surface area contributed by atoms with Gasteiger partial charge in [0.05, 0.1) is 0 Å². The van der Waals surface area contributed by atoms with Crippen LogP contribution >= 0.6 is 11.3 Å². The van der Waals surface area contributed by atoms with Crippen molar-refractivity contribution in [3.05, 3.63) is 56.3 Å². The van der Waals surface area contributed by atoms with Crippen LogP contribution in [0.3, 0.4) is 0 Å². The predicted octanol–water partition coefficient (Wildman–Crippen LogP) is 7.70. The molecule has 0 atom stereocenters. The zero-order chi connectivity index (χ0) is 21.2. The van der Waals surface area contributed by atoms with Crippen LogP contribution in [0.15, 0.2) is 24.3 Å². The highest BCUT2D eigenvalue weighted by atomic mass is 32.1. The number of thiophene rings is 1. The van der Waals surface area contributed by atoms with Crippen molar-refractivity contribution in [1.29, 1.82) is 0 Å². The number of unbranched alkanes of at least 4 members (excludes halogenated alkanes) is 2. The SMILES string of the molecule is CCCCCc1cc2c(cc1/C=C/c1ccc(C(=O)O)s1)C(C)(C)CCC2(C)C. The van der Waals surface area contributed by atoms with Gasteiger partial charge in [0, 0.05) is 4.88 Å². The average molecular weight is 411 g/mol. The van der Waals surface area contributed by atoms with Crippen molar-refractivity contribution < 1.29 is 9.90 Å². The number of fused-ring (bicyclic) bond motifs is 1. The molecule has 29 heavy (non-hydrogen) atoms. The third kappa shape index (κ3) is 4.83. The van der Waals surface area contributed by atoms with Crippen molar-refractivity contribution in [2.45, 2.75) is 84.0 Å². The summed E-state index contributed by atoms with van der Waals surface area (Å²) in [5.74, 6) is -0.854. The molecule has 3 heteroatoms. The van der Waals surface area contributed by atoms with Crippen LogP contribution in [0.4, 0.5) is 0 Å². The molecule has 1 N–H and O–H groups in total. The van der Waals surface area contributed by atoms with Crippen LogP contribution in [-0.4, -0.2) is 11.1 Å². The van der Waals surface area contributed by atoms with Gasteiger partial charge in [-0.05, 0) is 77.0 Å². The minimum absolute atomic E-state index is 0.189. The summed E-state index contributed by atoms with van der Waals surface area (Å²) in [7, 11) is 0. The van der Waals surface area contributed by atoms with E-state index in [1.807, 2.05) is 6.07 Å². The molecule has 0 saturated heterocycles. The van der Waals surface area contributed by atoms with Crippen molar-refractivity contribution in [2.24, 2.45) is 0 Å². The average Bonchev–Trinajstić information content (AvgIpc) is 3.14. The van der Waals surface area contributed by atoms with Gasteiger partial charge < -0.3 is 5.11 Å². The molecule has 0 unspecified atom stereocenters. The van der Waals surface area contributed by atoms with E-state index in [1.54, 1.807) is 6.07 Å². The highest BCUT2D eigenvalue weighted by Crippen LogP contribution is 2.47. The zero-order valence-electron chi connectivity index (χ0n) is 18.5. The molecule has 1 aromatic carbocycles. The molecule has 1 aliphatic carbocycles. The third-order valence-corrected chi connectivity index (χ3v) is 7.47. The lowest BCUT2D eigenvalue weighted by atomic mass is 9.62. The van der Waals surface area contributed by atoms with Gasteiger partial charge in [-0.25, -0.2) is 4.79 Å². The van der Waals surface area contributed by atoms with Crippen LogP contribution in [0.1, 0.15) is 104 Å². The van der Waals surface area contributed by atoms with Crippen LogP contribution in [0.2, 0.25) is 0 Å². The summed E-state index contributed by atoms with van der Waals surface area (Å²) in [5.41, 5.74) is 6.11. The number of carbonyl (C=O) groups is 1. The standard InChI is InChI=1S/C26H34O2S/c1-6-7-8-9-18-16-21-22(26(4,5)15-14-25(21,2)3)17-19(18)10-11-20-12-13-23(29-20)24(27)28/h10-13,16-17H,6-9,14-15H2,1-5H3,(H,27,28)/b11-10+. The normalized spacial score (nSPS) is 17.4. The summed E-state index contributed by atoms with van der Waals surface area (Å²) in [6.45, 7) is 11.7. The fraction of sp³-hybridized carbons (Fsp3) is 0.500. The largest absolute Gasteiger partial charge is 0.477 e. The molecule has 0 saturated carbocycles. The first kappa shape index (κ1) is 21.8. The summed E-state index contributed by atoms with van der Waals surface area (Å²) in [6, 6.07) is 8.47. The molecule has 1 aromatic heterocycles. The van der Waals surface area contributed by atoms with Crippen molar-refractivity contribution >= 4 is 29.5 Å².